The van der Waals surface area contributed by atoms with E-state index in [9.17, 15) is 9.59 Å². The number of amides is 1. The van der Waals surface area contributed by atoms with E-state index in [0.717, 1.165) is 22.2 Å². The Morgan fingerprint density at radius 2 is 1.88 bits per heavy atom. The number of para-hydroxylation sites is 1. The van der Waals surface area contributed by atoms with Crippen LogP contribution in [0.3, 0.4) is 0 Å². The zero-order valence-electron chi connectivity index (χ0n) is 12.9. The van der Waals surface area contributed by atoms with Crippen LogP contribution < -0.4 is 4.74 Å². The molecule has 0 bridgehead atoms. The summed E-state index contributed by atoms with van der Waals surface area (Å²) in [6.45, 7) is -0.431. The quantitative estimate of drug-likeness (QED) is 0.638. The van der Waals surface area contributed by atoms with Gasteiger partial charge in [0.1, 0.15) is 22.4 Å². The predicted molar refractivity (Wildman–Crippen MR) is 100 cm³/mol. The Morgan fingerprint density at radius 3 is 2.60 bits per heavy atom. The number of aliphatic carboxylic acids is 1. The van der Waals surface area contributed by atoms with E-state index in [2.05, 4.69) is 0 Å². The average Bonchev–Trinajstić information content (AvgIpc) is 2.83. The van der Waals surface area contributed by atoms with E-state index in [4.69, 9.17) is 22.1 Å². The molecule has 2 aromatic carbocycles. The fraction of sp³-hybridized carbons (Fsp3) is 0.0556. The van der Waals surface area contributed by atoms with Crippen LogP contribution >= 0.6 is 24.0 Å². The second-order valence-electron chi connectivity index (χ2n) is 5.15. The Labute approximate surface area is 153 Å². The van der Waals surface area contributed by atoms with E-state index < -0.39 is 18.4 Å². The second-order valence-corrected chi connectivity index (χ2v) is 6.82. The normalized spacial score (nSPS) is 15.7. The van der Waals surface area contributed by atoms with Crippen LogP contribution in [0.2, 0.25) is 0 Å². The molecule has 1 heterocycles. The number of carbonyl (C=O) groups is 2. The highest BCUT2D eigenvalue weighted by Crippen LogP contribution is 2.33. The van der Waals surface area contributed by atoms with Gasteiger partial charge < -0.3 is 9.84 Å². The minimum Gasteiger partial charge on any atom is -0.480 e. The maximum absolute atomic E-state index is 12.3. The molecule has 1 amide bonds. The molecule has 0 radical (unpaired) electrons. The Balaban J connectivity index is 1.80. The van der Waals surface area contributed by atoms with E-state index in [-0.39, 0.29) is 4.32 Å². The number of carboxylic acids is 1. The van der Waals surface area contributed by atoms with Crippen molar-refractivity contribution in [2.24, 2.45) is 0 Å². The van der Waals surface area contributed by atoms with Gasteiger partial charge in [0.2, 0.25) is 0 Å². The Bertz CT molecular complexity index is 864. The van der Waals surface area contributed by atoms with Gasteiger partial charge in [0.15, 0.2) is 0 Å². The van der Waals surface area contributed by atoms with Crippen LogP contribution in [0.15, 0.2) is 59.5 Å². The SMILES string of the molecule is O=C(O)CN1C(=O)/C(=C\c2cccc(Oc3ccccc3)c2)SC1=S. The summed E-state index contributed by atoms with van der Waals surface area (Å²) in [6, 6.07) is 16.6. The van der Waals surface area contributed by atoms with Crippen molar-refractivity contribution < 1.29 is 19.4 Å². The highest BCUT2D eigenvalue weighted by atomic mass is 32.2. The van der Waals surface area contributed by atoms with Crippen LogP contribution in [0.25, 0.3) is 6.08 Å². The molecule has 0 unspecified atom stereocenters. The summed E-state index contributed by atoms with van der Waals surface area (Å²) in [6.07, 6.45) is 1.68. The smallest absolute Gasteiger partial charge is 0.323 e. The Kier molecular flexibility index (Phi) is 5.16. The van der Waals surface area contributed by atoms with Crippen molar-refractivity contribution in [1.82, 2.24) is 4.90 Å². The summed E-state index contributed by atoms with van der Waals surface area (Å²) in [5.41, 5.74) is 0.768. The zero-order chi connectivity index (χ0) is 17.8. The molecule has 25 heavy (non-hydrogen) atoms. The fourth-order valence-electron chi connectivity index (χ4n) is 2.22. The summed E-state index contributed by atoms with van der Waals surface area (Å²) in [5, 5.41) is 8.86. The van der Waals surface area contributed by atoms with Crippen LogP contribution in [0.1, 0.15) is 5.56 Å². The molecular formula is C18H13NO4S2. The standard InChI is InChI=1S/C18H13NO4S2/c20-16(21)11-19-17(22)15(25-18(19)24)10-12-5-4-8-14(9-12)23-13-6-2-1-3-7-13/h1-10H,11H2,(H,20,21)/b15-10+. The van der Waals surface area contributed by atoms with Gasteiger partial charge in [0.05, 0.1) is 4.91 Å². The number of carbonyl (C=O) groups excluding carboxylic acids is 1. The third kappa shape index (κ3) is 4.26. The lowest BCUT2D eigenvalue weighted by Crippen LogP contribution is -2.33. The number of thioether (sulfide) groups is 1. The molecule has 0 saturated carbocycles. The van der Waals surface area contributed by atoms with Gasteiger partial charge in [-0.05, 0) is 35.9 Å². The lowest BCUT2D eigenvalue weighted by atomic mass is 10.2. The molecule has 1 saturated heterocycles. The molecule has 7 heteroatoms. The molecule has 0 atom stereocenters. The molecule has 1 aliphatic rings. The Hall–Kier alpha value is -2.64. The van der Waals surface area contributed by atoms with E-state index in [1.807, 2.05) is 48.5 Å². The first kappa shape index (κ1) is 17.2. The molecule has 1 aliphatic heterocycles. The molecule has 1 fully saturated rings. The molecule has 2 aromatic rings. The number of nitrogens with zero attached hydrogens (tertiary/aromatic N) is 1. The van der Waals surface area contributed by atoms with Crippen molar-refractivity contribution in [2.45, 2.75) is 0 Å². The van der Waals surface area contributed by atoms with Gasteiger partial charge in [0, 0.05) is 0 Å². The molecule has 126 valence electrons. The summed E-state index contributed by atoms with van der Waals surface area (Å²) in [5.74, 6) is -0.143. The van der Waals surface area contributed by atoms with Gasteiger partial charge in [-0.3, -0.25) is 14.5 Å². The van der Waals surface area contributed by atoms with E-state index in [1.165, 1.54) is 0 Å². The van der Waals surface area contributed by atoms with Crippen molar-refractivity contribution in [3.63, 3.8) is 0 Å². The number of thiocarbonyl (C=S) groups is 1. The highest BCUT2D eigenvalue weighted by molar-refractivity contribution is 8.26. The summed E-state index contributed by atoms with van der Waals surface area (Å²) in [7, 11) is 0. The van der Waals surface area contributed by atoms with Gasteiger partial charge in [-0.1, -0.05) is 54.3 Å². The number of benzene rings is 2. The lowest BCUT2D eigenvalue weighted by Gasteiger charge is -2.10. The number of hydrogen-bond donors (Lipinski definition) is 1. The largest absolute Gasteiger partial charge is 0.480 e. The first-order valence-electron chi connectivity index (χ1n) is 7.33. The molecule has 0 aromatic heterocycles. The molecular weight excluding hydrogens is 358 g/mol. The zero-order valence-corrected chi connectivity index (χ0v) is 14.5. The van der Waals surface area contributed by atoms with Crippen LogP contribution in [-0.4, -0.2) is 32.7 Å². The van der Waals surface area contributed by atoms with Gasteiger partial charge >= 0.3 is 5.97 Å². The minimum absolute atomic E-state index is 0.246. The van der Waals surface area contributed by atoms with E-state index >= 15 is 0 Å². The highest BCUT2D eigenvalue weighted by Gasteiger charge is 2.33. The molecule has 1 N–H and O–H groups in total. The van der Waals surface area contributed by atoms with Gasteiger partial charge in [-0.25, -0.2) is 0 Å². The molecule has 0 aliphatic carbocycles. The van der Waals surface area contributed by atoms with Crippen LogP contribution in [0.4, 0.5) is 0 Å². The molecule has 3 rings (SSSR count). The summed E-state index contributed by atoms with van der Waals surface area (Å²) >= 11 is 6.17. The summed E-state index contributed by atoms with van der Waals surface area (Å²) in [4.78, 5) is 24.6. The van der Waals surface area contributed by atoms with Gasteiger partial charge in [-0.2, -0.15) is 0 Å². The van der Waals surface area contributed by atoms with Gasteiger partial charge in [0.25, 0.3) is 5.91 Å². The average molecular weight is 371 g/mol. The van der Waals surface area contributed by atoms with Crippen LogP contribution in [0.5, 0.6) is 11.5 Å². The topological polar surface area (TPSA) is 66.8 Å². The van der Waals surface area contributed by atoms with Crippen molar-refractivity contribution in [3.8, 4) is 11.5 Å². The maximum atomic E-state index is 12.3. The number of carboxylic acid groups (broad SMARTS) is 1. The number of ether oxygens (including phenoxy) is 1. The van der Waals surface area contributed by atoms with Crippen molar-refractivity contribution in [1.29, 1.82) is 0 Å². The fourth-order valence-corrected chi connectivity index (χ4v) is 3.47. The minimum atomic E-state index is -1.10. The number of hydrogen-bond acceptors (Lipinski definition) is 5. The lowest BCUT2D eigenvalue weighted by molar-refractivity contribution is -0.140. The predicted octanol–water partition coefficient (Wildman–Crippen LogP) is 3.76. The monoisotopic (exact) mass is 371 g/mol. The van der Waals surface area contributed by atoms with Crippen molar-refractivity contribution in [2.75, 3.05) is 6.54 Å². The third-order valence-electron chi connectivity index (χ3n) is 3.30. The first-order chi connectivity index (χ1) is 12.0. The van der Waals surface area contributed by atoms with E-state index in [0.29, 0.717) is 16.4 Å². The molecule has 0 spiro atoms. The number of rotatable bonds is 5. The van der Waals surface area contributed by atoms with Crippen LogP contribution in [-0.2, 0) is 9.59 Å². The second kappa shape index (κ2) is 7.50. The maximum Gasteiger partial charge on any atom is 0.323 e. The van der Waals surface area contributed by atoms with Crippen molar-refractivity contribution in [3.05, 3.63) is 65.1 Å². The van der Waals surface area contributed by atoms with Crippen LogP contribution in [0, 0.1) is 0 Å². The first-order valence-corrected chi connectivity index (χ1v) is 8.55. The Morgan fingerprint density at radius 1 is 1.16 bits per heavy atom. The third-order valence-corrected chi connectivity index (χ3v) is 4.68. The van der Waals surface area contributed by atoms with E-state index in [1.54, 1.807) is 12.1 Å². The van der Waals surface area contributed by atoms with Gasteiger partial charge in [-0.15, -0.1) is 0 Å². The van der Waals surface area contributed by atoms with Crippen molar-refractivity contribution >= 4 is 46.3 Å². The summed E-state index contributed by atoms with van der Waals surface area (Å²) < 4.78 is 6.02. The molecule has 5 nitrogen and oxygen atoms in total.